The van der Waals surface area contributed by atoms with Crippen LogP contribution < -0.4 is 11.1 Å². The molecule has 3 N–H and O–H groups in total. The topological polar surface area (TPSA) is 38.0 Å². The number of halogens is 1. The zero-order valence-electron chi connectivity index (χ0n) is 8.46. The fraction of sp³-hybridized carbons (Fsp3) is 0.455. The molecule has 2 nitrogen and oxygen atoms in total. The van der Waals surface area contributed by atoms with Gasteiger partial charge in [-0.1, -0.05) is 12.1 Å². The summed E-state index contributed by atoms with van der Waals surface area (Å²) in [5.41, 5.74) is 6.48. The summed E-state index contributed by atoms with van der Waals surface area (Å²) < 4.78 is 12.6. The summed E-state index contributed by atoms with van der Waals surface area (Å²) in [7, 11) is 0. The van der Waals surface area contributed by atoms with Crippen molar-refractivity contribution in [3.8, 4) is 0 Å². The van der Waals surface area contributed by atoms with Crippen LogP contribution in [0.1, 0.15) is 24.9 Å². The molecule has 0 fully saturated rings. The van der Waals surface area contributed by atoms with Crippen LogP contribution in [0.25, 0.3) is 0 Å². The van der Waals surface area contributed by atoms with E-state index in [0.29, 0.717) is 6.54 Å². The van der Waals surface area contributed by atoms with E-state index in [4.69, 9.17) is 5.73 Å². The van der Waals surface area contributed by atoms with E-state index in [-0.39, 0.29) is 11.9 Å². The molecular formula is C11H17FN2. The summed E-state index contributed by atoms with van der Waals surface area (Å²) in [5.74, 6) is -0.192. The summed E-state index contributed by atoms with van der Waals surface area (Å²) in [6.07, 6.45) is 0.964. The molecule has 0 unspecified atom stereocenters. The smallest absolute Gasteiger partial charge is 0.123 e. The van der Waals surface area contributed by atoms with Gasteiger partial charge in [-0.15, -0.1) is 0 Å². The Labute approximate surface area is 84.3 Å². The first-order valence-electron chi connectivity index (χ1n) is 4.93. The molecule has 1 rings (SSSR count). The fourth-order valence-electron chi connectivity index (χ4n) is 1.29. The number of nitrogens with one attached hydrogen (secondary N) is 1. The molecule has 0 radical (unpaired) electrons. The van der Waals surface area contributed by atoms with E-state index in [1.165, 1.54) is 12.1 Å². The molecule has 0 aliphatic rings. The van der Waals surface area contributed by atoms with Gasteiger partial charge in [-0.3, -0.25) is 0 Å². The van der Waals surface area contributed by atoms with Crippen LogP contribution in [0.15, 0.2) is 24.3 Å². The molecule has 0 aliphatic heterocycles. The zero-order valence-corrected chi connectivity index (χ0v) is 8.46. The Bertz CT molecular complexity index is 258. The summed E-state index contributed by atoms with van der Waals surface area (Å²) in [6, 6.07) is 6.82. The van der Waals surface area contributed by atoms with Crippen LogP contribution >= 0.6 is 0 Å². The van der Waals surface area contributed by atoms with Crippen LogP contribution in [0.3, 0.4) is 0 Å². The second-order valence-corrected chi connectivity index (χ2v) is 3.37. The average Bonchev–Trinajstić information content (AvgIpc) is 2.19. The third kappa shape index (κ3) is 3.44. The van der Waals surface area contributed by atoms with E-state index in [9.17, 15) is 4.39 Å². The molecule has 0 saturated carbocycles. The Hall–Kier alpha value is -0.930. The van der Waals surface area contributed by atoms with Gasteiger partial charge in [0, 0.05) is 6.04 Å². The van der Waals surface area contributed by atoms with Gasteiger partial charge >= 0.3 is 0 Å². The SMILES string of the molecule is C[C@H](NCCCN)c1ccc(F)cc1. The molecule has 0 amide bonds. The van der Waals surface area contributed by atoms with Crippen molar-refractivity contribution in [2.24, 2.45) is 5.73 Å². The van der Waals surface area contributed by atoms with Crippen molar-refractivity contribution in [3.05, 3.63) is 35.6 Å². The van der Waals surface area contributed by atoms with Crippen molar-refractivity contribution in [1.82, 2.24) is 5.32 Å². The monoisotopic (exact) mass is 196 g/mol. The van der Waals surface area contributed by atoms with Crippen molar-refractivity contribution in [1.29, 1.82) is 0 Å². The predicted molar refractivity (Wildman–Crippen MR) is 56.5 cm³/mol. The van der Waals surface area contributed by atoms with E-state index in [2.05, 4.69) is 12.2 Å². The largest absolute Gasteiger partial charge is 0.330 e. The van der Waals surface area contributed by atoms with Crippen LogP contribution in [0.4, 0.5) is 4.39 Å². The third-order valence-electron chi connectivity index (χ3n) is 2.20. The van der Waals surface area contributed by atoms with Gasteiger partial charge in [0.25, 0.3) is 0 Å². The molecule has 0 saturated heterocycles. The molecule has 0 bridgehead atoms. The third-order valence-corrected chi connectivity index (χ3v) is 2.20. The lowest BCUT2D eigenvalue weighted by atomic mass is 10.1. The minimum Gasteiger partial charge on any atom is -0.330 e. The van der Waals surface area contributed by atoms with E-state index >= 15 is 0 Å². The molecule has 0 heterocycles. The minimum absolute atomic E-state index is 0.192. The van der Waals surface area contributed by atoms with Crippen LogP contribution in [-0.4, -0.2) is 13.1 Å². The van der Waals surface area contributed by atoms with Gasteiger partial charge in [0.15, 0.2) is 0 Å². The maximum atomic E-state index is 12.6. The average molecular weight is 196 g/mol. The fourth-order valence-corrected chi connectivity index (χ4v) is 1.29. The van der Waals surface area contributed by atoms with Gasteiger partial charge < -0.3 is 11.1 Å². The molecule has 3 heteroatoms. The zero-order chi connectivity index (χ0) is 10.4. The van der Waals surface area contributed by atoms with Gasteiger partial charge in [-0.25, -0.2) is 4.39 Å². The van der Waals surface area contributed by atoms with Gasteiger partial charge in [0.2, 0.25) is 0 Å². The second-order valence-electron chi connectivity index (χ2n) is 3.37. The first-order chi connectivity index (χ1) is 6.74. The summed E-state index contributed by atoms with van der Waals surface area (Å²) in [5, 5.41) is 3.32. The molecule has 78 valence electrons. The van der Waals surface area contributed by atoms with E-state index in [1.807, 2.05) is 0 Å². The first kappa shape index (κ1) is 11.1. The van der Waals surface area contributed by atoms with Gasteiger partial charge in [-0.2, -0.15) is 0 Å². The van der Waals surface area contributed by atoms with Gasteiger partial charge in [0.1, 0.15) is 5.82 Å². The lowest BCUT2D eigenvalue weighted by Crippen LogP contribution is -2.21. The summed E-state index contributed by atoms with van der Waals surface area (Å²) in [6.45, 7) is 3.65. The summed E-state index contributed by atoms with van der Waals surface area (Å²) >= 11 is 0. The number of benzene rings is 1. The Balaban J connectivity index is 2.43. The highest BCUT2D eigenvalue weighted by atomic mass is 19.1. The number of hydrogen-bond acceptors (Lipinski definition) is 2. The second kappa shape index (κ2) is 5.73. The standard InChI is InChI=1S/C11H17FN2/c1-9(14-8-2-7-13)10-3-5-11(12)6-4-10/h3-6,9,14H,2,7-8,13H2,1H3/t9-/m0/s1. The predicted octanol–water partition coefficient (Wildman–Crippen LogP) is 1.83. The normalized spacial score (nSPS) is 12.8. The van der Waals surface area contributed by atoms with Gasteiger partial charge in [-0.05, 0) is 44.1 Å². The first-order valence-corrected chi connectivity index (χ1v) is 4.93. The lowest BCUT2D eigenvalue weighted by Gasteiger charge is -2.13. The van der Waals surface area contributed by atoms with Crippen LogP contribution in [0.5, 0.6) is 0 Å². The summed E-state index contributed by atoms with van der Waals surface area (Å²) in [4.78, 5) is 0. The Kier molecular flexibility index (Phi) is 4.56. The Morgan fingerprint density at radius 2 is 2.00 bits per heavy atom. The van der Waals surface area contributed by atoms with E-state index < -0.39 is 0 Å². The number of rotatable bonds is 5. The highest BCUT2D eigenvalue weighted by Gasteiger charge is 2.03. The Morgan fingerprint density at radius 1 is 1.36 bits per heavy atom. The molecule has 1 atom stereocenters. The van der Waals surface area contributed by atoms with Crippen molar-refractivity contribution < 1.29 is 4.39 Å². The van der Waals surface area contributed by atoms with Crippen molar-refractivity contribution in [2.75, 3.05) is 13.1 Å². The highest BCUT2D eigenvalue weighted by Crippen LogP contribution is 2.12. The van der Waals surface area contributed by atoms with Crippen molar-refractivity contribution in [2.45, 2.75) is 19.4 Å². The van der Waals surface area contributed by atoms with Crippen LogP contribution in [0.2, 0.25) is 0 Å². The van der Waals surface area contributed by atoms with Gasteiger partial charge in [0.05, 0.1) is 0 Å². The maximum Gasteiger partial charge on any atom is 0.123 e. The Morgan fingerprint density at radius 3 is 2.57 bits per heavy atom. The molecule has 14 heavy (non-hydrogen) atoms. The molecular weight excluding hydrogens is 179 g/mol. The number of nitrogens with two attached hydrogens (primary N) is 1. The van der Waals surface area contributed by atoms with Crippen molar-refractivity contribution in [3.63, 3.8) is 0 Å². The minimum atomic E-state index is -0.192. The lowest BCUT2D eigenvalue weighted by molar-refractivity contribution is 0.559. The van der Waals surface area contributed by atoms with Crippen molar-refractivity contribution >= 4 is 0 Å². The van der Waals surface area contributed by atoms with Crippen LogP contribution in [0, 0.1) is 5.82 Å². The van der Waals surface area contributed by atoms with E-state index in [0.717, 1.165) is 18.5 Å². The number of hydrogen-bond donors (Lipinski definition) is 2. The molecule has 1 aromatic carbocycles. The molecule has 0 aliphatic carbocycles. The molecule has 0 spiro atoms. The maximum absolute atomic E-state index is 12.6. The van der Waals surface area contributed by atoms with E-state index in [1.54, 1.807) is 12.1 Å². The highest BCUT2D eigenvalue weighted by molar-refractivity contribution is 5.19. The van der Waals surface area contributed by atoms with Crippen LogP contribution in [-0.2, 0) is 0 Å². The quantitative estimate of drug-likeness (QED) is 0.705. The molecule has 0 aromatic heterocycles. The molecule has 1 aromatic rings.